The Balaban J connectivity index is 1.75. The molecule has 0 saturated heterocycles. The molecule has 0 bridgehead atoms. The maximum absolute atomic E-state index is 12.6. The average Bonchev–Trinajstić information content (AvgIpc) is 2.52. The molecule has 23 heavy (non-hydrogen) atoms. The standard InChI is InChI=1S/C19H21NO3/c1-14-8-10-15(11-9-14)22-12-18(21)20-13-19(2,3)23-17-7-5-4-6-16(17)20/h4-11H,12-13H2,1-3H3. The van der Waals surface area contributed by atoms with Crippen molar-refractivity contribution in [2.45, 2.75) is 26.4 Å². The number of aryl methyl sites for hydroxylation is 1. The zero-order valence-electron chi connectivity index (χ0n) is 13.7. The van der Waals surface area contributed by atoms with E-state index < -0.39 is 5.60 Å². The van der Waals surface area contributed by atoms with Crippen molar-refractivity contribution in [3.05, 3.63) is 54.1 Å². The third-order valence-corrected chi connectivity index (χ3v) is 3.77. The van der Waals surface area contributed by atoms with E-state index in [0.29, 0.717) is 12.3 Å². The Morgan fingerprint density at radius 2 is 1.87 bits per heavy atom. The fourth-order valence-corrected chi connectivity index (χ4v) is 2.64. The second kappa shape index (κ2) is 5.95. The second-order valence-electron chi connectivity index (χ2n) is 6.41. The predicted molar refractivity (Wildman–Crippen MR) is 90.2 cm³/mol. The van der Waals surface area contributed by atoms with E-state index >= 15 is 0 Å². The number of hydrogen-bond acceptors (Lipinski definition) is 3. The fourth-order valence-electron chi connectivity index (χ4n) is 2.64. The van der Waals surface area contributed by atoms with Crippen LogP contribution in [0.2, 0.25) is 0 Å². The van der Waals surface area contributed by atoms with Crippen LogP contribution in [0.1, 0.15) is 19.4 Å². The van der Waals surface area contributed by atoms with Gasteiger partial charge in [-0.25, -0.2) is 0 Å². The Kier molecular flexibility index (Phi) is 3.99. The number of hydrogen-bond donors (Lipinski definition) is 0. The van der Waals surface area contributed by atoms with Crippen LogP contribution in [-0.2, 0) is 4.79 Å². The van der Waals surface area contributed by atoms with Gasteiger partial charge in [-0.1, -0.05) is 29.8 Å². The molecule has 0 N–H and O–H groups in total. The lowest BCUT2D eigenvalue weighted by Gasteiger charge is -2.39. The molecule has 4 nitrogen and oxygen atoms in total. The molecule has 2 aromatic rings. The first-order valence-electron chi connectivity index (χ1n) is 7.72. The summed E-state index contributed by atoms with van der Waals surface area (Å²) in [7, 11) is 0. The molecule has 0 aliphatic carbocycles. The van der Waals surface area contributed by atoms with E-state index in [1.54, 1.807) is 4.90 Å². The van der Waals surface area contributed by atoms with Crippen LogP contribution in [0.5, 0.6) is 11.5 Å². The summed E-state index contributed by atoms with van der Waals surface area (Å²) in [6.07, 6.45) is 0. The zero-order valence-corrected chi connectivity index (χ0v) is 13.7. The molecule has 2 aromatic carbocycles. The minimum atomic E-state index is -0.423. The number of carbonyl (C=O) groups excluding carboxylic acids is 1. The molecule has 0 radical (unpaired) electrons. The smallest absolute Gasteiger partial charge is 0.265 e. The Labute approximate surface area is 136 Å². The van der Waals surface area contributed by atoms with Gasteiger partial charge >= 0.3 is 0 Å². The largest absolute Gasteiger partial charge is 0.484 e. The Hall–Kier alpha value is -2.49. The van der Waals surface area contributed by atoms with Gasteiger partial charge in [0, 0.05) is 0 Å². The number of amides is 1. The number of fused-ring (bicyclic) bond motifs is 1. The highest BCUT2D eigenvalue weighted by molar-refractivity contribution is 5.96. The summed E-state index contributed by atoms with van der Waals surface area (Å²) in [5.41, 5.74) is 1.53. The first-order valence-corrected chi connectivity index (χ1v) is 7.72. The molecule has 0 fully saturated rings. The summed E-state index contributed by atoms with van der Waals surface area (Å²) in [6, 6.07) is 15.3. The molecule has 1 aliphatic heterocycles. The van der Waals surface area contributed by atoms with Crippen molar-refractivity contribution in [3.8, 4) is 11.5 Å². The highest BCUT2D eigenvalue weighted by atomic mass is 16.5. The summed E-state index contributed by atoms with van der Waals surface area (Å²) in [5, 5.41) is 0. The van der Waals surface area contributed by atoms with Crippen molar-refractivity contribution in [2.75, 3.05) is 18.1 Å². The Morgan fingerprint density at radius 3 is 2.61 bits per heavy atom. The van der Waals surface area contributed by atoms with Gasteiger partial charge in [-0.2, -0.15) is 0 Å². The van der Waals surface area contributed by atoms with Gasteiger partial charge in [0.1, 0.15) is 17.1 Å². The number of rotatable bonds is 3. The lowest BCUT2D eigenvalue weighted by molar-refractivity contribution is -0.121. The van der Waals surface area contributed by atoms with Crippen LogP contribution in [0.25, 0.3) is 0 Å². The summed E-state index contributed by atoms with van der Waals surface area (Å²) < 4.78 is 11.6. The quantitative estimate of drug-likeness (QED) is 0.869. The van der Waals surface area contributed by atoms with Crippen LogP contribution in [-0.4, -0.2) is 24.7 Å². The zero-order chi connectivity index (χ0) is 16.4. The molecule has 0 spiro atoms. The van der Waals surface area contributed by atoms with Crippen LogP contribution < -0.4 is 14.4 Å². The molecule has 3 rings (SSSR count). The first kappa shape index (κ1) is 15.4. The van der Waals surface area contributed by atoms with Crippen LogP contribution in [0.15, 0.2) is 48.5 Å². The molecule has 1 amide bonds. The SMILES string of the molecule is Cc1ccc(OCC(=O)N2CC(C)(C)Oc3ccccc32)cc1. The fraction of sp³-hybridized carbons (Fsp3) is 0.316. The van der Waals surface area contributed by atoms with Crippen molar-refractivity contribution < 1.29 is 14.3 Å². The highest BCUT2D eigenvalue weighted by Gasteiger charge is 2.34. The minimum Gasteiger partial charge on any atom is -0.484 e. The molecule has 120 valence electrons. The maximum Gasteiger partial charge on any atom is 0.265 e. The van der Waals surface area contributed by atoms with Crippen molar-refractivity contribution >= 4 is 11.6 Å². The molecule has 1 heterocycles. The molecule has 1 aliphatic rings. The van der Waals surface area contributed by atoms with Gasteiger partial charge in [-0.05, 0) is 45.0 Å². The van der Waals surface area contributed by atoms with Crippen LogP contribution in [0, 0.1) is 6.92 Å². The van der Waals surface area contributed by atoms with Crippen LogP contribution in [0.3, 0.4) is 0 Å². The maximum atomic E-state index is 12.6. The second-order valence-corrected chi connectivity index (χ2v) is 6.41. The molecular weight excluding hydrogens is 290 g/mol. The summed E-state index contributed by atoms with van der Waals surface area (Å²) in [4.78, 5) is 14.4. The third kappa shape index (κ3) is 3.47. The average molecular weight is 311 g/mol. The van der Waals surface area contributed by atoms with Crippen molar-refractivity contribution in [1.29, 1.82) is 0 Å². The number of benzene rings is 2. The minimum absolute atomic E-state index is 0.00742. The monoisotopic (exact) mass is 311 g/mol. The number of ether oxygens (including phenoxy) is 2. The number of para-hydroxylation sites is 2. The molecule has 0 saturated carbocycles. The van der Waals surface area contributed by atoms with Gasteiger partial charge in [0.2, 0.25) is 0 Å². The summed E-state index contributed by atoms with van der Waals surface area (Å²) in [5.74, 6) is 1.35. The van der Waals surface area contributed by atoms with E-state index in [0.717, 1.165) is 17.0 Å². The van der Waals surface area contributed by atoms with E-state index in [2.05, 4.69) is 0 Å². The highest BCUT2D eigenvalue weighted by Crippen LogP contribution is 2.36. The molecule has 0 atom stereocenters. The van der Waals surface area contributed by atoms with Gasteiger partial charge in [-0.15, -0.1) is 0 Å². The van der Waals surface area contributed by atoms with E-state index in [1.807, 2.05) is 69.3 Å². The van der Waals surface area contributed by atoms with E-state index in [-0.39, 0.29) is 12.5 Å². The van der Waals surface area contributed by atoms with Gasteiger partial charge in [0.25, 0.3) is 5.91 Å². The topological polar surface area (TPSA) is 38.8 Å². The molecular formula is C19H21NO3. The van der Waals surface area contributed by atoms with Gasteiger partial charge in [0.05, 0.1) is 12.2 Å². The Morgan fingerprint density at radius 1 is 1.17 bits per heavy atom. The van der Waals surface area contributed by atoms with E-state index in [9.17, 15) is 4.79 Å². The molecule has 0 aromatic heterocycles. The van der Waals surface area contributed by atoms with Gasteiger partial charge in [-0.3, -0.25) is 4.79 Å². The molecule has 0 unspecified atom stereocenters. The Bertz CT molecular complexity index is 707. The summed E-state index contributed by atoms with van der Waals surface area (Å²) in [6.45, 7) is 6.48. The van der Waals surface area contributed by atoms with Crippen molar-refractivity contribution in [1.82, 2.24) is 0 Å². The third-order valence-electron chi connectivity index (χ3n) is 3.77. The predicted octanol–water partition coefficient (Wildman–Crippen LogP) is 3.58. The normalized spacial score (nSPS) is 15.5. The van der Waals surface area contributed by atoms with Crippen molar-refractivity contribution in [2.24, 2.45) is 0 Å². The van der Waals surface area contributed by atoms with Crippen LogP contribution >= 0.6 is 0 Å². The lowest BCUT2D eigenvalue weighted by atomic mass is 10.1. The van der Waals surface area contributed by atoms with Gasteiger partial charge < -0.3 is 14.4 Å². The number of anilines is 1. The summed E-state index contributed by atoms with van der Waals surface area (Å²) >= 11 is 0. The first-order chi connectivity index (χ1) is 10.9. The van der Waals surface area contributed by atoms with E-state index in [4.69, 9.17) is 9.47 Å². The number of carbonyl (C=O) groups is 1. The van der Waals surface area contributed by atoms with Crippen molar-refractivity contribution in [3.63, 3.8) is 0 Å². The van der Waals surface area contributed by atoms with Gasteiger partial charge in [0.15, 0.2) is 6.61 Å². The van der Waals surface area contributed by atoms with Crippen LogP contribution in [0.4, 0.5) is 5.69 Å². The number of nitrogens with zero attached hydrogens (tertiary/aromatic N) is 1. The molecule has 4 heteroatoms. The van der Waals surface area contributed by atoms with E-state index in [1.165, 1.54) is 0 Å². The lowest BCUT2D eigenvalue weighted by Crippen LogP contribution is -2.50.